The lowest BCUT2D eigenvalue weighted by Gasteiger charge is -2.12. The molecule has 18 heavy (non-hydrogen) atoms. The van der Waals surface area contributed by atoms with Crippen LogP contribution in [0.1, 0.15) is 6.92 Å². The Balaban J connectivity index is 2.38. The van der Waals surface area contributed by atoms with Crippen molar-refractivity contribution >= 4 is 39.4 Å². The SMILES string of the molecule is COC[C@H](C)Nc1ncc2c(=O)[nH]cc(I)c2n1. The van der Waals surface area contributed by atoms with Crippen molar-refractivity contribution in [3.8, 4) is 0 Å². The van der Waals surface area contributed by atoms with Crippen LogP contribution < -0.4 is 10.9 Å². The summed E-state index contributed by atoms with van der Waals surface area (Å²) in [5.41, 5.74) is 0.475. The van der Waals surface area contributed by atoms with Gasteiger partial charge in [-0.2, -0.15) is 0 Å². The molecule has 96 valence electrons. The molecule has 0 amide bonds. The van der Waals surface area contributed by atoms with Gasteiger partial charge >= 0.3 is 0 Å². The molecular formula is C11H13IN4O2. The lowest BCUT2D eigenvalue weighted by atomic mass is 10.3. The van der Waals surface area contributed by atoms with E-state index in [-0.39, 0.29) is 11.6 Å². The topological polar surface area (TPSA) is 79.9 Å². The molecule has 0 fully saturated rings. The first-order chi connectivity index (χ1) is 8.61. The molecule has 2 aromatic rings. The number of pyridine rings is 1. The molecule has 0 aliphatic carbocycles. The molecule has 2 N–H and O–H groups in total. The molecule has 0 aliphatic heterocycles. The van der Waals surface area contributed by atoms with Gasteiger partial charge in [0.15, 0.2) is 0 Å². The van der Waals surface area contributed by atoms with Crippen molar-refractivity contribution in [2.24, 2.45) is 0 Å². The van der Waals surface area contributed by atoms with E-state index < -0.39 is 0 Å². The molecule has 2 rings (SSSR count). The molecule has 0 bridgehead atoms. The first-order valence-electron chi connectivity index (χ1n) is 5.41. The number of hydrogen-bond acceptors (Lipinski definition) is 5. The number of aromatic amines is 1. The third-order valence-corrected chi connectivity index (χ3v) is 3.20. The van der Waals surface area contributed by atoms with E-state index in [1.54, 1.807) is 13.3 Å². The van der Waals surface area contributed by atoms with E-state index in [2.05, 4.69) is 42.9 Å². The van der Waals surface area contributed by atoms with E-state index >= 15 is 0 Å². The minimum atomic E-state index is -0.179. The summed E-state index contributed by atoms with van der Waals surface area (Å²) < 4.78 is 5.91. The van der Waals surface area contributed by atoms with Gasteiger partial charge in [-0.3, -0.25) is 4.79 Å². The van der Waals surface area contributed by atoms with Gasteiger partial charge in [-0.1, -0.05) is 0 Å². The second-order valence-corrected chi connectivity index (χ2v) is 5.08. The van der Waals surface area contributed by atoms with Crippen molar-refractivity contribution in [2.45, 2.75) is 13.0 Å². The number of aromatic nitrogens is 3. The van der Waals surface area contributed by atoms with Crippen LogP contribution in [0.15, 0.2) is 17.2 Å². The van der Waals surface area contributed by atoms with Gasteiger partial charge in [0.25, 0.3) is 5.56 Å². The monoisotopic (exact) mass is 360 g/mol. The third kappa shape index (κ3) is 2.78. The fraction of sp³-hybridized carbons (Fsp3) is 0.364. The number of anilines is 1. The van der Waals surface area contributed by atoms with E-state index in [1.807, 2.05) is 6.92 Å². The van der Waals surface area contributed by atoms with Crippen LogP contribution in [-0.4, -0.2) is 34.7 Å². The Bertz CT molecular complexity index is 614. The van der Waals surface area contributed by atoms with Crippen LogP contribution in [0.5, 0.6) is 0 Å². The van der Waals surface area contributed by atoms with Crippen LogP contribution >= 0.6 is 22.6 Å². The number of nitrogens with zero attached hydrogens (tertiary/aromatic N) is 2. The Morgan fingerprint density at radius 1 is 1.61 bits per heavy atom. The molecule has 0 radical (unpaired) electrons. The van der Waals surface area contributed by atoms with Gasteiger partial charge in [0.05, 0.1) is 21.1 Å². The summed E-state index contributed by atoms with van der Waals surface area (Å²) in [5.74, 6) is 0.496. The van der Waals surface area contributed by atoms with E-state index in [0.717, 1.165) is 3.57 Å². The van der Waals surface area contributed by atoms with Crippen molar-refractivity contribution in [3.05, 3.63) is 26.3 Å². The minimum absolute atomic E-state index is 0.104. The van der Waals surface area contributed by atoms with E-state index in [9.17, 15) is 4.79 Å². The Labute approximate surface area is 117 Å². The van der Waals surface area contributed by atoms with Crippen molar-refractivity contribution < 1.29 is 4.74 Å². The molecule has 0 unspecified atom stereocenters. The van der Waals surface area contributed by atoms with Gasteiger partial charge in [0, 0.05) is 25.5 Å². The van der Waals surface area contributed by atoms with Crippen LogP contribution in [0.25, 0.3) is 10.9 Å². The highest BCUT2D eigenvalue weighted by molar-refractivity contribution is 14.1. The van der Waals surface area contributed by atoms with E-state index in [1.165, 1.54) is 6.20 Å². The summed E-state index contributed by atoms with van der Waals surface area (Å²) in [6, 6.07) is 0.104. The quantitative estimate of drug-likeness (QED) is 0.806. The van der Waals surface area contributed by atoms with Gasteiger partial charge < -0.3 is 15.0 Å². The largest absolute Gasteiger partial charge is 0.383 e. The number of fused-ring (bicyclic) bond motifs is 1. The molecular weight excluding hydrogens is 347 g/mol. The fourth-order valence-electron chi connectivity index (χ4n) is 1.59. The summed E-state index contributed by atoms with van der Waals surface area (Å²) in [6.45, 7) is 2.54. The predicted molar refractivity (Wildman–Crippen MR) is 77.8 cm³/mol. The zero-order chi connectivity index (χ0) is 13.1. The third-order valence-electron chi connectivity index (χ3n) is 2.38. The van der Waals surface area contributed by atoms with Gasteiger partial charge in [-0.05, 0) is 29.5 Å². The lowest BCUT2D eigenvalue weighted by molar-refractivity contribution is 0.190. The highest BCUT2D eigenvalue weighted by Crippen LogP contribution is 2.15. The first kappa shape index (κ1) is 13.2. The van der Waals surface area contributed by atoms with Crippen molar-refractivity contribution in [1.82, 2.24) is 15.0 Å². The Kier molecular flexibility index (Phi) is 4.12. The molecule has 7 heteroatoms. The molecule has 1 atom stereocenters. The van der Waals surface area contributed by atoms with Crippen LogP contribution in [0.2, 0.25) is 0 Å². The fourth-order valence-corrected chi connectivity index (χ4v) is 2.15. The number of hydrogen-bond donors (Lipinski definition) is 2. The Morgan fingerprint density at radius 2 is 2.39 bits per heavy atom. The van der Waals surface area contributed by atoms with Gasteiger partial charge in [0.1, 0.15) is 0 Å². The standard InChI is InChI=1S/C11H13IN4O2/c1-6(5-18-2)15-11-14-3-7-9(16-11)8(12)4-13-10(7)17/h3-4,6H,5H2,1-2H3,(H,13,17)(H,14,15,16)/t6-/m0/s1. The summed E-state index contributed by atoms with van der Waals surface area (Å²) in [5, 5.41) is 3.61. The van der Waals surface area contributed by atoms with Gasteiger partial charge in [-0.25, -0.2) is 9.97 Å². The van der Waals surface area contributed by atoms with E-state index in [4.69, 9.17) is 4.74 Å². The maximum Gasteiger partial charge on any atom is 0.259 e. The summed E-state index contributed by atoms with van der Waals surface area (Å²) in [4.78, 5) is 22.7. The number of ether oxygens (including phenoxy) is 1. The average Bonchev–Trinajstić information content (AvgIpc) is 2.34. The van der Waals surface area contributed by atoms with Crippen molar-refractivity contribution in [1.29, 1.82) is 0 Å². The van der Waals surface area contributed by atoms with Crippen LogP contribution in [0, 0.1) is 3.57 Å². The highest BCUT2D eigenvalue weighted by Gasteiger charge is 2.08. The summed E-state index contributed by atoms with van der Waals surface area (Å²) in [7, 11) is 1.64. The number of halogens is 1. The zero-order valence-corrected chi connectivity index (χ0v) is 12.2. The van der Waals surface area contributed by atoms with Crippen LogP contribution in [-0.2, 0) is 4.74 Å². The number of H-pyrrole nitrogens is 1. The van der Waals surface area contributed by atoms with Crippen LogP contribution in [0.4, 0.5) is 5.95 Å². The highest BCUT2D eigenvalue weighted by atomic mass is 127. The zero-order valence-electron chi connectivity index (χ0n) is 10.0. The second kappa shape index (κ2) is 5.61. The summed E-state index contributed by atoms with van der Waals surface area (Å²) >= 11 is 2.13. The second-order valence-electron chi connectivity index (χ2n) is 3.92. The molecule has 2 heterocycles. The number of rotatable bonds is 4. The lowest BCUT2D eigenvalue weighted by Crippen LogP contribution is -2.22. The molecule has 2 aromatic heterocycles. The average molecular weight is 360 g/mol. The minimum Gasteiger partial charge on any atom is -0.383 e. The summed E-state index contributed by atoms with van der Waals surface area (Å²) in [6.07, 6.45) is 3.17. The van der Waals surface area contributed by atoms with Crippen molar-refractivity contribution in [2.75, 3.05) is 19.0 Å². The Hall–Kier alpha value is -1.22. The normalized spacial score (nSPS) is 12.6. The van der Waals surface area contributed by atoms with E-state index in [0.29, 0.717) is 23.5 Å². The first-order valence-corrected chi connectivity index (χ1v) is 6.49. The molecule has 0 saturated carbocycles. The van der Waals surface area contributed by atoms with Gasteiger partial charge in [-0.15, -0.1) is 0 Å². The van der Waals surface area contributed by atoms with Crippen LogP contribution in [0.3, 0.4) is 0 Å². The molecule has 0 saturated heterocycles. The number of methoxy groups -OCH3 is 1. The smallest absolute Gasteiger partial charge is 0.259 e. The maximum atomic E-state index is 11.6. The van der Waals surface area contributed by atoms with Gasteiger partial charge in [0.2, 0.25) is 5.95 Å². The maximum absolute atomic E-state index is 11.6. The molecule has 0 aromatic carbocycles. The van der Waals surface area contributed by atoms with Crippen molar-refractivity contribution in [3.63, 3.8) is 0 Å². The number of nitrogens with one attached hydrogen (secondary N) is 2. The Morgan fingerprint density at radius 3 is 3.11 bits per heavy atom. The molecule has 0 aliphatic rings. The molecule has 0 spiro atoms. The predicted octanol–water partition coefficient (Wildman–Crippen LogP) is 1.37. The molecule has 6 nitrogen and oxygen atoms in total.